The van der Waals surface area contributed by atoms with Crippen LogP contribution in [0.4, 0.5) is 0 Å². The standard InChI is InChI=1S/C12H14ClNO4S/c1-8-2-4-10(5-3-8)19(17,18)14-7-9(13)6-11(14)12(15)16/h2-5,9,11H,6-7H2,1H3,(H,15,16)/t9-,11-/m0/s1. The number of carboxylic acids is 1. The average molecular weight is 304 g/mol. The number of sulfonamides is 1. The molecule has 0 aliphatic carbocycles. The van der Waals surface area contributed by atoms with Gasteiger partial charge in [-0.05, 0) is 25.5 Å². The molecule has 1 heterocycles. The predicted molar refractivity (Wildman–Crippen MR) is 70.8 cm³/mol. The summed E-state index contributed by atoms with van der Waals surface area (Å²) in [6.07, 6.45) is 0.127. The first-order valence-electron chi connectivity index (χ1n) is 5.78. The highest BCUT2D eigenvalue weighted by Crippen LogP contribution is 2.29. The van der Waals surface area contributed by atoms with Gasteiger partial charge in [-0.3, -0.25) is 4.79 Å². The van der Waals surface area contributed by atoms with E-state index >= 15 is 0 Å². The van der Waals surface area contributed by atoms with E-state index in [0.717, 1.165) is 9.87 Å². The Morgan fingerprint density at radius 3 is 2.47 bits per heavy atom. The van der Waals surface area contributed by atoms with Crippen LogP contribution in [0.5, 0.6) is 0 Å². The molecule has 7 heteroatoms. The molecule has 0 bridgehead atoms. The molecule has 1 aromatic rings. The number of nitrogens with zero attached hydrogens (tertiary/aromatic N) is 1. The molecular formula is C12H14ClNO4S. The number of carboxylic acid groups (broad SMARTS) is 1. The second-order valence-corrected chi connectivity index (χ2v) is 7.08. The van der Waals surface area contributed by atoms with Crippen LogP contribution in [0.15, 0.2) is 29.2 Å². The summed E-state index contributed by atoms with van der Waals surface area (Å²) in [5.74, 6) is -1.17. The van der Waals surface area contributed by atoms with E-state index in [0.29, 0.717) is 0 Å². The Kier molecular flexibility index (Phi) is 3.85. The number of halogens is 1. The van der Waals surface area contributed by atoms with Gasteiger partial charge in [0.15, 0.2) is 0 Å². The Bertz CT molecular complexity index is 584. The van der Waals surface area contributed by atoms with Crippen molar-refractivity contribution in [2.24, 2.45) is 0 Å². The summed E-state index contributed by atoms with van der Waals surface area (Å²) in [5.41, 5.74) is 0.936. The summed E-state index contributed by atoms with van der Waals surface area (Å²) in [6, 6.07) is 5.22. The second kappa shape index (κ2) is 5.11. The number of hydrogen-bond donors (Lipinski definition) is 1. The molecule has 5 nitrogen and oxygen atoms in total. The maximum absolute atomic E-state index is 12.4. The molecule has 19 heavy (non-hydrogen) atoms. The molecule has 2 rings (SSSR count). The molecule has 1 N–H and O–H groups in total. The van der Waals surface area contributed by atoms with Crippen molar-refractivity contribution in [3.8, 4) is 0 Å². The largest absolute Gasteiger partial charge is 0.480 e. The third kappa shape index (κ3) is 2.75. The quantitative estimate of drug-likeness (QED) is 0.858. The van der Waals surface area contributed by atoms with Crippen LogP contribution >= 0.6 is 11.6 Å². The number of rotatable bonds is 3. The summed E-state index contributed by atoms with van der Waals surface area (Å²) >= 11 is 5.90. The van der Waals surface area contributed by atoms with Crippen LogP contribution in [-0.2, 0) is 14.8 Å². The molecule has 0 radical (unpaired) electrons. The Labute approximate surface area is 116 Å². The van der Waals surface area contributed by atoms with Gasteiger partial charge >= 0.3 is 5.97 Å². The number of aliphatic carboxylic acids is 1. The van der Waals surface area contributed by atoms with Gasteiger partial charge < -0.3 is 5.11 Å². The third-order valence-corrected chi connectivity index (χ3v) is 5.32. The molecule has 1 fully saturated rings. The molecule has 1 aliphatic heterocycles. The van der Waals surface area contributed by atoms with Crippen molar-refractivity contribution >= 4 is 27.6 Å². The van der Waals surface area contributed by atoms with Crippen LogP contribution in [0.1, 0.15) is 12.0 Å². The van der Waals surface area contributed by atoms with Crippen LogP contribution in [-0.4, -0.2) is 41.8 Å². The zero-order valence-electron chi connectivity index (χ0n) is 10.3. The molecule has 1 aliphatic rings. The second-order valence-electron chi connectivity index (χ2n) is 4.57. The topological polar surface area (TPSA) is 74.7 Å². The van der Waals surface area contributed by atoms with Crippen molar-refractivity contribution < 1.29 is 18.3 Å². The van der Waals surface area contributed by atoms with Gasteiger partial charge in [-0.15, -0.1) is 11.6 Å². The number of aryl methyl sites for hydroxylation is 1. The Morgan fingerprint density at radius 2 is 1.95 bits per heavy atom. The molecule has 2 atom stereocenters. The van der Waals surface area contributed by atoms with Crippen LogP contribution in [0.2, 0.25) is 0 Å². The van der Waals surface area contributed by atoms with E-state index in [1.54, 1.807) is 12.1 Å². The maximum Gasteiger partial charge on any atom is 0.322 e. The molecular weight excluding hydrogens is 290 g/mol. The number of alkyl halides is 1. The fourth-order valence-corrected chi connectivity index (χ4v) is 4.13. The zero-order chi connectivity index (χ0) is 14.2. The Balaban J connectivity index is 2.38. The first kappa shape index (κ1) is 14.3. The summed E-state index contributed by atoms with van der Waals surface area (Å²) in [5, 5.41) is 8.62. The minimum absolute atomic E-state index is 0.0226. The lowest BCUT2D eigenvalue weighted by atomic mass is 10.2. The molecule has 1 saturated heterocycles. The fraction of sp³-hybridized carbons (Fsp3) is 0.417. The highest BCUT2D eigenvalue weighted by Gasteiger charge is 2.43. The van der Waals surface area contributed by atoms with Gasteiger partial charge in [-0.1, -0.05) is 17.7 Å². The summed E-state index contributed by atoms with van der Waals surface area (Å²) < 4.78 is 25.8. The SMILES string of the molecule is Cc1ccc(S(=O)(=O)N2C[C@@H](Cl)C[C@H]2C(=O)O)cc1. The lowest BCUT2D eigenvalue weighted by Gasteiger charge is -2.20. The summed E-state index contributed by atoms with van der Waals surface area (Å²) in [7, 11) is -3.81. The van der Waals surface area contributed by atoms with Crippen LogP contribution < -0.4 is 0 Å². The van der Waals surface area contributed by atoms with E-state index in [9.17, 15) is 13.2 Å². The normalized spacial score (nSPS) is 24.5. The van der Waals surface area contributed by atoms with Crippen molar-refractivity contribution in [2.45, 2.75) is 29.7 Å². The smallest absolute Gasteiger partial charge is 0.322 e. The Morgan fingerprint density at radius 1 is 1.37 bits per heavy atom. The van der Waals surface area contributed by atoms with Gasteiger partial charge in [-0.25, -0.2) is 8.42 Å². The van der Waals surface area contributed by atoms with Gasteiger partial charge in [0, 0.05) is 11.9 Å². The molecule has 0 unspecified atom stereocenters. The van der Waals surface area contributed by atoms with E-state index in [1.165, 1.54) is 12.1 Å². The number of benzene rings is 1. The van der Waals surface area contributed by atoms with E-state index in [1.807, 2.05) is 6.92 Å². The summed E-state index contributed by atoms with van der Waals surface area (Å²) in [6.45, 7) is 1.87. The van der Waals surface area contributed by atoms with Crippen molar-refractivity contribution in [3.63, 3.8) is 0 Å². The fourth-order valence-electron chi connectivity index (χ4n) is 2.09. The molecule has 104 valence electrons. The molecule has 0 aromatic heterocycles. The van der Waals surface area contributed by atoms with Gasteiger partial charge in [0.05, 0.1) is 4.90 Å². The minimum Gasteiger partial charge on any atom is -0.480 e. The first-order valence-corrected chi connectivity index (χ1v) is 7.65. The maximum atomic E-state index is 12.4. The lowest BCUT2D eigenvalue weighted by molar-refractivity contribution is -0.140. The highest BCUT2D eigenvalue weighted by molar-refractivity contribution is 7.89. The van der Waals surface area contributed by atoms with Crippen LogP contribution in [0.3, 0.4) is 0 Å². The molecule has 1 aromatic carbocycles. The number of carbonyl (C=O) groups is 1. The van der Waals surface area contributed by atoms with Gasteiger partial charge in [0.1, 0.15) is 6.04 Å². The molecule has 0 amide bonds. The summed E-state index contributed by atoms with van der Waals surface area (Å²) in [4.78, 5) is 11.2. The van der Waals surface area contributed by atoms with Crippen molar-refractivity contribution in [3.05, 3.63) is 29.8 Å². The predicted octanol–water partition coefficient (Wildman–Crippen LogP) is 1.45. The third-order valence-electron chi connectivity index (χ3n) is 3.12. The van der Waals surface area contributed by atoms with Crippen LogP contribution in [0, 0.1) is 6.92 Å². The molecule has 0 spiro atoms. The average Bonchev–Trinajstić information content (AvgIpc) is 2.73. The van der Waals surface area contributed by atoms with Gasteiger partial charge in [0.25, 0.3) is 0 Å². The minimum atomic E-state index is -3.81. The van der Waals surface area contributed by atoms with Crippen molar-refractivity contribution in [1.82, 2.24) is 4.31 Å². The van der Waals surface area contributed by atoms with E-state index < -0.39 is 27.4 Å². The number of hydrogen-bond acceptors (Lipinski definition) is 3. The lowest BCUT2D eigenvalue weighted by Crippen LogP contribution is -2.40. The van der Waals surface area contributed by atoms with Crippen molar-refractivity contribution in [2.75, 3.05) is 6.54 Å². The van der Waals surface area contributed by atoms with Gasteiger partial charge in [0.2, 0.25) is 10.0 Å². The zero-order valence-corrected chi connectivity index (χ0v) is 11.9. The van der Waals surface area contributed by atoms with E-state index in [4.69, 9.17) is 16.7 Å². The van der Waals surface area contributed by atoms with E-state index in [-0.39, 0.29) is 17.9 Å². The monoisotopic (exact) mass is 303 g/mol. The Hall–Kier alpha value is -1.11. The van der Waals surface area contributed by atoms with E-state index in [2.05, 4.69) is 0 Å². The van der Waals surface area contributed by atoms with Crippen LogP contribution in [0.25, 0.3) is 0 Å². The highest BCUT2D eigenvalue weighted by atomic mass is 35.5. The van der Waals surface area contributed by atoms with Gasteiger partial charge in [-0.2, -0.15) is 4.31 Å². The van der Waals surface area contributed by atoms with Crippen molar-refractivity contribution in [1.29, 1.82) is 0 Å². The molecule has 0 saturated carbocycles. The first-order chi connectivity index (χ1) is 8.82.